The zero-order valence-electron chi connectivity index (χ0n) is 19.3. The molecule has 1 amide bonds. The van der Waals surface area contributed by atoms with Crippen LogP contribution in [0.5, 0.6) is 0 Å². The van der Waals surface area contributed by atoms with Crippen LogP contribution in [0.4, 0.5) is 0 Å². The van der Waals surface area contributed by atoms with Crippen LogP contribution in [-0.2, 0) is 21.2 Å². The molecule has 178 valence electrons. The van der Waals surface area contributed by atoms with E-state index >= 15 is 0 Å². The molecular weight excluding hydrogens is 422 g/mol. The lowest BCUT2D eigenvalue weighted by Gasteiger charge is -2.33. The highest BCUT2D eigenvalue weighted by Crippen LogP contribution is 2.26. The van der Waals surface area contributed by atoms with Gasteiger partial charge in [0.05, 0.1) is 4.90 Å². The molecule has 2 heterocycles. The molecule has 32 heavy (non-hydrogen) atoms. The molecule has 4 rings (SSSR count). The number of piperidine rings is 2. The fraction of sp³-hybridized carbons (Fsp3) is 0.720. The summed E-state index contributed by atoms with van der Waals surface area (Å²) in [7, 11) is -3.39. The average molecular weight is 462 g/mol. The fourth-order valence-electron chi connectivity index (χ4n) is 5.46. The van der Waals surface area contributed by atoms with Crippen molar-refractivity contribution in [3.8, 4) is 0 Å². The highest BCUT2D eigenvalue weighted by atomic mass is 32.2. The Bertz CT molecular complexity index is 836. The summed E-state index contributed by atoms with van der Waals surface area (Å²) in [6, 6.07) is 7.38. The molecule has 0 bridgehead atoms. The third kappa shape index (κ3) is 6.33. The van der Waals surface area contributed by atoms with Crippen molar-refractivity contribution in [2.75, 3.05) is 32.7 Å². The van der Waals surface area contributed by atoms with Crippen molar-refractivity contribution in [1.82, 2.24) is 14.5 Å². The zero-order valence-corrected chi connectivity index (χ0v) is 20.1. The minimum atomic E-state index is -3.39. The molecule has 6 nitrogen and oxygen atoms in total. The molecule has 0 atom stereocenters. The fourth-order valence-corrected chi connectivity index (χ4v) is 6.98. The molecule has 3 aliphatic rings. The Balaban J connectivity index is 1.18. The number of amides is 1. The Morgan fingerprint density at radius 3 is 2.19 bits per heavy atom. The summed E-state index contributed by atoms with van der Waals surface area (Å²) in [5, 5.41) is 3.21. The summed E-state index contributed by atoms with van der Waals surface area (Å²) < 4.78 is 27.1. The first-order valence-corrected chi connectivity index (χ1v) is 14.1. The van der Waals surface area contributed by atoms with Crippen LogP contribution < -0.4 is 5.32 Å². The van der Waals surface area contributed by atoms with Gasteiger partial charge in [0, 0.05) is 45.2 Å². The normalized spacial score (nSPS) is 22.2. The first-order valence-electron chi connectivity index (χ1n) is 12.6. The number of aryl methyl sites for hydroxylation is 1. The molecule has 1 N–H and O–H groups in total. The van der Waals surface area contributed by atoms with Gasteiger partial charge in [-0.1, -0.05) is 31.4 Å². The Kier molecular flexibility index (Phi) is 8.24. The molecule has 2 aliphatic heterocycles. The zero-order chi connectivity index (χ0) is 22.4. The summed E-state index contributed by atoms with van der Waals surface area (Å²) in [6.07, 6.45) is 11.7. The SMILES string of the molecule is O=C(CCc1ccc(S(=O)(=O)N2CCCCC2)cc1)NC1CCN(CC2CCCC2)CC1. The van der Waals surface area contributed by atoms with Crippen LogP contribution in [0, 0.1) is 5.92 Å². The van der Waals surface area contributed by atoms with Crippen LogP contribution >= 0.6 is 0 Å². The molecule has 0 aromatic heterocycles. The van der Waals surface area contributed by atoms with Gasteiger partial charge < -0.3 is 10.2 Å². The maximum absolute atomic E-state index is 12.8. The number of nitrogens with zero attached hydrogens (tertiary/aromatic N) is 2. The predicted molar refractivity (Wildman–Crippen MR) is 127 cm³/mol. The predicted octanol–water partition coefficient (Wildman–Crippen LogP) is 3.56. The smallest absolute Gasteiger partial charge is 0.243 e. The van der Waals surface area contributed by atoms with Crippen LogP contribution in [-0.4, -0.2) is 62.3 Å². The van der Waals surface area contributed by atoms with E-state index in [1.165, 1.54) is 32.2 Å². The lowest BCUT2D eigenvalue weighted by Crippen LogP contribution is -2.45. The van der Waals surface area contributed by atoms with Gasteiger partial charge in [-0.25, -0.2) is 8.42 Å². The van der Waals surface area contributed by atoms with Crippen LogP contribution in [0.1, 0.15) is 69.8 Å². The van der Waals surface area contributed by atoms with Gasteiger partial charge in [-0.05, 0) is 68.6 Å². The van der Waals surface area contributed by atoms with Gasteiger partial charge in [-0.15, -0.1) is 0 Å². The van der Waals surface area contributed by atoms with E-state index in [9.17, 15) is 13.2 Å². The first-order chi connectivity index (χ1) is 15.5. The van der Waals surface area contributed by atoms with Gasteiger partial charge in [-0.2, -0.15) is 4.31 Å². The number of hydrogen-bond acceptors (Lipinski definition) is 4. The minimum Gasteiger partial charge on any atom is -0.353 e. The third-order valence-electron chi connectivity index (χ3n) is 7.46. The molecule has 2 saturated heterocycles. The maximum Gasteiger partial charge on any atom is 0.243 e. The summed E-state index contributed by atoms with van der Waals surface area (Å²) in [6.45, 7) is 4.65. The van der Waals surface area contributed by atoms with Crippen molar-refractivity contribution in [2.45, 2.75) is 81.6 Å². The number of sulfonamides is 1. The van der Waals surface area contributed by atoms with Crippen molar-refractivity contribution in [1.29, 1.82) is 0 Å². The van der Waals surface area contributed by atoms with E-state index in [1.807, 2.05) is 12.1 Å². The van der Waals surface area contributed by atoms with Crippen LogP contribution in [0.15, 0.2) is 29.2 Å². The van der Waals surface area contributed by atoms with E-state index in [0.29, 0.717) is 36.9 Å². The number of benzene rings is 1. The third-order valence-corrected chi connectivity index (χ3v) is 9.37. The molecule has 0 spiro atoms. The van der Waals surface area contributed by atoms with Gasteiger partial charge in [0.15, 0.2) is 0 Å². The first kappa shape index (κ1) is 23.7. The molecule has 1 saturated carbocycles. The van der Waals surface area contributed by atoms with Crippen molar-refractivity contribution in [3.05, 3.63) is 29.8 Å². The van der Waals surface area contributed by atoms with E-state index in [0.717, 1.165) is 56.7 Å². The molecule has 1 aromatic carbocycles. The number of likely N-dealkylation sites (tertiary alicyclic amines) is 1. The largest absolute Gasteiger partial charge is 0.353 e. The van der Waals surface area contributed by atoms with E-state index in [1.54, 1.807) is 16.4 Å². The second-order valence-electron chi connectivity index (χ2n) is 9.90. The summed E-state index contributed by atoms with van der Waals surface area (Å²) in [4.78, 5) is 15.4. The van der Waals surface area contributed by atoms with Gasteiger partial charge >= 0.3 is 0 Å². The second kappa shape index (κ2) is 11.1. The van der Waals surface area contributed by atoms with Gasteiger partial charge in [0.2, 0.25) is 15.9 Å². The van der Waals surface area contributed by atoms with E-state index in [4.69, 9.17) is 0 Å². The van der Waals surface area contributed by atoms with Gasteiger partial charge in [0.25, 0.3) is 0 Å². The van der Waals surface area contributed by atoms with Crippen LogP contribution in [0.2, 0.25) is 0 Å². The summed E-state index contributed by atoms with van der Waals surface area (Å²) >= 11 is 0. The Morgan fingerprint density at radius 2 is 1.53 bits per heavy atom. The number of hydrogen-bond donors (Lipinski definition) is 1. The van der Waals surface area contributed by atoms with Crippen molar-refractivity contribution in [3.63, 3.8) is 0 Å². The molecular formula is C25H39N3O3S. The summed E-state index contributed by atoms with van der Waals surface area (Å²) in [5.41, 5.74) is 1.00. The minimum absolute atomic E-state index is 0.101. The van der Waals surface area contributed by atoms with Crippen LogP contribution in [0.25, 0.3) is 0 Å². The highest BCUT2D eigenvalue weighted by molar-refractivity contribution is 7.89. The second-order valence-corrected chi connectivity index (χ2v) is 11.8. The van der Waals surface area contributed by atoms with Gasteiger partial charge in [0.1, 0.15) is 0 Å². The molecule has 0 unspecified atom stereocenters. The number of rotatable bonds is 8. The lowest BCUT2D eigenvalue weighted by molar-refractivity contribution is -0.122. The maximum atomic E-state index is 12.8. The van der Waals surface area contributed by atoms with Crippen molar-refractivity contribution < 1.29 is 13.2 Å². The highest BCUT2D eigenvalue weighted by Gasteiger charge is 2.26. The van der Waals surface area contributed by atoms with Gasteiger partial charge in [-0.3, -0.25) is 4.79 Å². The molecule has 3 fully saturated rings. The quantitative estimate of drug-likeness (QED) is 0.643. The summed E-state index contributed by atoms with van der Waals surface area (Å²) in [5.74, 6) is 0.992. The lowest BCUT2D eigenvalue weighted by atomic mass is 10.0. The van der Waals surface area contributed by atoms with Crippen LogP contribution in [0.3, 0.4) is 0 Å². The molecule has 1 aliphatic carbocycles. The van der Waals surface area contributed by atoms with E-state index in [2.05, 4.69) is 10.2 Å². The Morgan fingerprint density at radius 1 is 0.875 bits per heavy atom. The van der Waals surface area contributed by atoms with Crippen molar-refractivity contribution in [2.24, 2.45) is 5.92 Å². The van der Waals surface area contributed by atoms with Crippen molar-refractivity contribution >= 4 is 15.9 Å². The Labute approximate surface area is 193 Å². The Hall–Kier alpha value is -1.44. The topological polar surface area (TPSA) is 69.7 Å². The number of carbonyl (C=O) groups excluding carboxylic acids is 1. The van der Waals surface area contributed by atoms with E-state index < -0.39 is 10.0 Å². The standard InChI is InChI=1S/C25H39N3O3S/c29-25(26-23-14-18-27(19-15-23)20-22-6-2-3-7-22)13-10-21-8-11-24(12-9-21)32(30,31)28-16-4-1-5-17-28/h8-9,11-12,22-23H,1-7,10,13-20H2,(H,26,29). The molecule has 1 aromatic rings. The molecule has 0 radical (unpaired) electrons. The monoisotopic (exact) mass is 461 g/mol. The van der Waals surface area contributed by atoms with E-state index in [-0.39, 0.29) is 5.91 Å². The number of carbonyl (C=O) groups is 1. The average Bonchev–Trinajstić information content (AvgIpc) is 3.33. The molecule has 7 heteroatoms. The number of nitrogens with one attached hydrogen (secondary N) is 1.